The van der Waals surface area contributed by atoms with Crippen LogP contribution in [-0.2, 0) is 4.79 Å². The van der Waals surface area contributed by atoms with Crippen molar-refractivity contribution in [2.45, 2.75) is 12.3 Å². The van der Waals surface area contributed by atoms with Crippen LogP contribution in [0.5, 0.6) is 17.2 Å². The Bertz CT molecular complexity index is 1190. The number of para-hydroxylation sites is 1. The van der Waals surface area contributed by atoms with Crippen molar-refractivity contribution < 1.29 is 23.8 Å². The van der Waals surface area contributed by atoms with Crippen molar-refractivity contribution in [3.05, 3.63) is 94.7 Å². The second kappa shape index (κ2) is 7.19. The monoisotopic (exact) mass is 398 g/mol. The lowest BCUT2D eigenvalue weighted by molar-refractivity contribution is -0.135. The lowest BCUT2D eigenvalue weighted by Crippen LogP contribution is -2.22. The van der Waals surface area contributed by atoms with E-state index in [9.17, 15) is 9.59 Å². The number of esters is 1. The Labute approximate surface area is 173 Å². The van der Waals surface area contributed by atoms with Gasteiger partial charge in [-0.15, -0.1) is 0 Å². The van der Waals surface area contributed by atoms with Crippen LogP contribution in [0.15, 0.2) is 72.5 Å². The standard InChI is InChI=1S/C25H18O5/c1-28-19-10-6-5-9-16(19)18-14-22(26)29-20-12-11-17-24(27)21(30-25(17)23(18)20)13-15-7-3-2-4-8-15/h2-13,18H,14H2,1H3/b21-13-. The first-order valence-corrected chi connectivity index (χ1v) is 9.65. The van der Waals surface area contributed by atoms with Gasteiger partial charge in [-0.05, 0) is 29.8 Å². The molecule has 3 aromatic carbocycles. The van der Waals surface area contributed by atoms with Crippen LogP contribution in [0.2, 0.25) is 0 Å². The Hall–Kier alpha value is -3.86. The van der Waals surface area contributed by atoms with Crippen molar-refractivity contribution in [2.75, 3.05) is 7.11 Å². The van der Waals surface area contributed by atoms with Gasteiger partial charge in [0.25, 0.3) is 0 Å². The number of allylic oxidation sites excluding steroid dienone is 1. The van der Waals surface area contributed by atoms with Crippen molar-refractivity contribution in [2.24, 2.45) is 0 Å². The van der Waals surface area contributed by atoms with Crippen molar-refractivity contribution in [3.63, 3.8) is 0 Å². The third kappa shape index (κ3) is 2.95. The average Bonchev–Trinajstić information content (AvgIpc) is 3.09. The number of hydrogen-bond donors (Lipinski definition) is 0. The zero-order valence-electron chi connectivity index (χ0n) is 16.3. The first-order chi connectivity index (χ1) is 14.7. The minimum atomic E-state index is -0.337. The fraction of sp³-hybridized carbons (Fsp3) is 0.120. The summed E-state index contributed by atoms with van der Waals surface area (Å²) < 4.78 is 17.1. The predicted octanol–water partition coefficient (Wildman–Crippen LogP) is 4.75. The normalized spacial score (nSPS) is 18.4. The Morgan fingerprint density at radius 2 is 1.70 bits per heavy atom. The molecule has 0 aliphatic carbocycles. The van der Waals surface area contributed by atoms with Crippen molar-refractivity contribution in [1.29, 1.82) is 0 Å². The highest BCUT2D eigenvalue weighted by molar-refractivity contribution is 6.15. The summed E-state index contributed by atoms with van der Waals surface area (Å²) in [4.78, 5) is 25.3. The lowest BCUT2D eigenvalue weighted by Gasteiger charge is -2.27. The van der Waals surface area contributed by atoms with Gasteiger partial charge in [0, 0.05) is 17.0 Å². The number of carbonyl (C=O) groups excluding carboxylic acids is 2. The van der Waals surface area contributed by atoms with E-state index in [2.05, 4.69) is 0 Å². The molecule has 0 saturated heterocycles. The number of fused-ring (bicyclic) bond motifs is 3. The SMILES string of the molecule is COc1ccccc1C1CC(=O)Oc2ccc3c(c21)O/C(=C\c1ccccc1)C3=O. The summed E-state index contributed by atoms with van der Waals surface area (Å²) in [7, 11) is 1.59. The molecule has 0 aromatic heterocycles. The molecule has 0 saturated carbocycles. The molecule has 148 valence electrons. The van der Waals surface area contributed by atoms with Gasteiger partial charge in [0.05, 0.1) is 19.1 Å². The van der Waals surface area contributed by atoms with Crippen molar-refractivity contribution >= 4 is 17.8 Å². The Balaban J connectivity index is 1.65. The minimum Gasteiger partial charge on any atom is -0.496 e. The highest BCUT2D eigenvalue weighted by atomic mass is 16.5. The summed E-state index contributed by atoms with van der Waals surface area (Å²) >= 11 is 0. The van der Waals surface area contributed by atoms with Gasteiger partial charge < -0.3 is 14.2 Å². The Morgan fingerprint density at radius 3 is 2.50 bits per heavy atom. The predicted molar refractivity (Wildman–Crippen MR) is 111 cm³/mol. The second-order valence-corrected chi connectivity index (χ2v) is 7.18. The van der Waals surface area contributed by atoms with E-state index in [1.807, 2.05) is 54.6 Å². The van der Waals surface area contributed by atoms with Crippen LogP contribution in [0, 0.1) is 0 Å². The number of rotatable bonds is 3. The van der Waals surface area contributed by atoms with Crippen LogP contribution in [0.1, 0.15) is 39.4 Å². The molecule has 1 atom stereocenters. The number of benzene rings is 3. The third-order valence-corrected chi connectivity index (χ3v) is 5.39. The molecule has 2 heterocycles. The van der Waals surface area contributed by atoms with Gasteiger partial charge in [0.15, 0.2) is 5.76 Å². The number of hydrogen-bond acceptors (Lipinski definition) is 5. The van der Waals surface area contributed by atoms with E-state index >= 15 is 0 Å². The van der Waals surface area contributed by atoms with E-state index in [4.69, 9.17) is 14.2 Å². The molecule has 1 unspecified atom stereocenters. The highest BCUT2D eigenvalue weighted by Crippen LogP contribution is 2.50. The van der Waals surface area contributed by atoms with Gasteiger partial charge in [0.2, 0.25) is 5.78 Å². The minimum absolute atomic E-state index is 0.138. The maximum Gasteiger partial charge on any atom is 0.312 e. The number of ketones is 1. The quantitative estimate of drug-likeness (QED) is 0.362. The molecule has 0 bridgehead atoms. The molecular weight excluding hydrogens is 380 g/mol. The van der Waals surface area contributed by atoms with Crippen LogP contribution < -0.4 is 14.2 Å². The fourth-order valence-corrected chi connectivity index (χ4v) is 4.03. The first kappa shape index (κ1) is 18.2. The summed E-state index contributed by atoms with van der Waals surface area (Å²) in [6.45, 7) is 0. The van der Waals surface area contributed by atoms with Crippen LogP contribution >= 0.6 is 0 Å². The van der Waals surface area contributed by atoms with Gasteiger partial charge in [-0.25, -0.2) is 0 Å². The molecule has 5 rings (SSSR count). The van der Waals surface area contributed by atoms with Gasteiger partial charge in [-0.1, -0.05) is 48.5 Å². The molecular formula is C25H18O5. The van der Waals surface area contributed by atoms with Crippen molar-refractivity contribution in [1.82, 2.24) is 0 Å². The van der Waals surface area contributed by atoms with Crippen LogP contribution in [0.3, 0.4) is 0 Å². The largest absolute Gasteiger partial charge is 0.496 e. The van der Waals surface area contributed by atoms with E-state index in [1.54, 1.807) is 25.3 Å². The summed E-state index contributed by atoms with van der Waals surface area (Å²) in [5.74, 6) is 0.925. The van der Waals surface area contributed by atoms with Crippen LogP contribution in [0.25, 0.3) is 6.08 Å². The zero-order chi connectivity index (χ0) is 20.7. The molecule has 2 aliphatic heterocycles. The molecule has 0 amide bonds. The smallest absolute Gasteiger partial charge is 0.312 e. The summed E-state index contributed by atoms with van der Waals surface area (Å²) in [6.07, 6.45) is 1.86. The molecule has 2 aliphatic rings. The molecule has 0 spiro atoms. The number of ether oxygens (including phenoxy) is 3. The summed E-state index contributed by atoms with van der Waals surface area (Å²) in [6, 6.07) is 20.4. The third-order valence-electron chi connectivity index (χ3n) is 5.39. The van der Waals surface area contributed by atoms with Gasteiger partial charge in [-0.2, -0.15) is 0 Å². The van der Waals surface area contributed by atoms with Crippen molar-refractivity contribution in [3.8, 4) is 17.2 Å². The first-order valence-electron chi connectivity index (χ1n) is 9.65. The second-order valence-electron chi connectivity index (χ2n) is 7.18. The maximum atomic E-state index is 13.0. The number of Topliss-reactive ketones (excluding diaryl/α,β-unsaturated/α-hetero) is 1. The van der Waals surface area contributed by atoms with Crippen LogP contribution in [-0.4, -0.2) is 18.9 Å². The van der Waals surface area contributed by atoms with Gasteiger partial charge in [0.1, 0.15) is 17.2 Å². The highest BCUT2D eigenvalue weighted by Gasteiger charge is 2.39. The van der Waals surface area contributed by atoms with E-state index in [-0.39, 0.29) is 29.9 Å². The summed E-state index contributed by atoms with van der Waals surface area (Å²) in [5.41, 5.74) is 2.88. The molecule has 0 radical (unpaired) electrons. The zero-order valence-corrected chi connectivity index (χ0v) is 16.3. The van der Waals surface area contributed by atoms with E-state index < -0.39 is 0 Å². The Kier molecular flexibility index (Phi) is 4.36. The van der Waals surface area contributed by atoms with Gasteiger partial charge >= 0.3 is 5.97 Å². The summed E-state index contributed by atoms with van der Waals surface area (Å²) in [5, 5.41) is 0. The van der Waals surface area contributed by atoms with E-state index in [0.29, 0.717) is 28.4 Å². The topological polar surface area (TPSA) is 61.8 Å². The molecule has 5 nitrogen and oxygen atoms in total. The van der Waals surface area contributed by atoms with Crippen LogP contribution in [0.4, 0.5) is 0 Å². The maximum absolute atomic E-state index is 13.0. The molecule has 5 heteroatoms. The number of methoxy groups -OCH3 is 1. The number of carbonyl (C=O) groups is 2. The molecule has 0 N–H and O–H groups in total. The average molecular weight is 398 g/mol. The molecule has 3 aromatic rings. The Morgan fingerprint density at radius 1 is 0.933 bits per heavy atom. The van der Waals surface area contributed by atoms with E-state index in [1.165, 1.54) is 0 Å². The van der Waals surface area contributed by atoms with Gasteiger partial charge in [-0.3, -0.25) is 9.59 Å². The molecule has 0 fully saturated rings. The molecule has 30 heavy (non-hydrogen) atoms. The van der Waals surface area contributed by atoms with E-state index in [0.717, 1.165) is 11.1 Å². The fourth-order valence-electron chi connectivity index (χ4n) is 4.03. The lowest BCUT2D eigenvalue weighted by atomic mass is 9.84.